The van der Waals surface area contributed by atoms with Gasteiger partial charge in [0.05, 0.1) is 13.7 Å². The van der Waals surface area contributed by atoms with Crippen molar-refractivity contribution in [3.05, 3.63) is 18.2 Å². The Bertz CT molecular complexity index is 377. The van der Waals surface area contributed by atoms with Gasteiger partial charge in [-0.15, -0.1) is 0 Å². The molecule has 0 unspecified atom stereocenters. The van der Waals surface area contributed by atoms with E-state index in [0.717, 1.165) is 12.1 Å². The molecule has 0 aliphatic carbocycles. The lowest BCUT2D eigenvalue weighted by molar-refractivity contribution is 0.196. The van der Waals surface area contributed by atoms with Crippen molar-refractivity contribution < 1.29 is 14.6 Å². The van der Waals surface area contributed by atoms with Crippen LogP contribution < -0.4 is 14.8 Å². The van der Waals surface area contributed by atoms with Gasteiger partial charge in [0.2, 0.25) is 0 Å². The van der Waals surface area contributed by atoms with E-state index in [0.29, 0.717) is 11.5 Å². The van der Waals surface area contributed by atoms with E-state index in [-0.39, 0.29) is 18.8 Å². The number of hydrogen-bond acceptors (Lipinski definition) is 4. The van der Waals surface area contributed by atoms with Gasteiger partial charge in [-0.1, -0.05) is 6.92 Å². The summed E-state index contributed by atoms with van der Waals surface area (Å²) >= 11 is 0. The summed E-state index contributed by atoms with van der Waals surface area (Å²) in [6, 6.07) is 5.72. The van der Waals surface area contributed by atoms with Gasteiger partial charge in [-0.3, -0.25) is 0 Å². The van der Waals surface area contributed by atoms with Crippen molar-refractivity contribution in [1.82, 2.24) is 0 Å². The van der Waals surface area contributed by atoms with E-state index in [1.54, 1.807) is 7.11 Å². The number of benzene rings is 1. The fourth-order valence-electron chi connectivity index (χ4n) is 1.50. The number of aliphatic hydroxyl groups excluding tert-OH is 1. The Kier molecular flexibility index (Phi) is 5.28. The third-order valence-corrected chi connectivity index (χ3v) is 2.88. The normalized spacial score (nSPS) is 11.2. The first-order chi connectivity index (χ1) is 8.52. The minimum atomic E-state index is -0.0126. The SMILES string of the molecule is CCC(C)(C)Nc1ccc(OC)c(OCCO)c1. The summed E-state index contributed by atoms with van der Waals surface area (Å²) in [5.74, 6) is 1.31. The van der Waals surface area contributed by atoms with E-state index < -0.39 is 0 Å². The molecule has 0 aromatic heterocycles. The molecule has 2 N–H and O–H groups in total. The van der Waals surface area contributed by atoms with Crippen LogP contribution in [0.1, 0.15) is 27.2 Å². The van der Waals surface area contributed by atoms with Gasteiger partial charge in [-0.25, -0.2) is 0 Å². The molecule has 4 heteroatoms. The highest BCUT2D eigenvalue weighted by molar-refractivity contribution is 5.55. The molecule has 1 aromatic carbocycles. The van der Waals surface area contributed by atoms with Crippen LogP contribution in [0.4, 0.5) is 5.69 Å². The summed E-state index contributed by atoms with van der Waals surface area (Å²) < 4.78 is 10.7. The van der Waals surface area contributed by atoms with Crippen LogP contribution in [0, 0.1) is 0 Å². The van der Waals surface area contributed by atoms with Gasteiger partial charge in [0.25, 0.3) is 0 Å². The Labute approximate surface area is 109 Å². The van der Waals surface area contributed by atoms with Gasteiger partial charge in [-0.05, 0) is 32.4 Å². The Balaban J connectivity index is 2.88. The predicted octanol–water partition coefficient (Wildman–Crippen LogP) is 2.67. The van der Waals surface area contributed by atoms with Crippen LogP contribution in [0.15, 0.2) is 18.2 Å². The van der Waals surface area contributed by atoms with E-state index >= 15 is 0 Å². The summed E-state index contributed by atoms with van der Waals surface area (Å²) in [5.41, 5.74) is 1.01. The van der Waals surface area contributed by atoms with Crippen molar-refractivity contribution in [2.75, 3.05) is 25.6 Å². The lowest BCUT2D eigenvalue weighted by Gasteiger charge is -2.26. The number of aliphatic hydroxyl groups is 1. The van der Waals surface area contributed by atoms with E-state index in [4.69, 9.17) is 14.6 Å². The Hall–Kier alpha value is -1.42. The Morgan fingerprint density at radius 3 is 2.56 bits per heavy atom. The molecule has 0 bridgehead atoms. The maximum atomic E-state index is 8.80. The minimum absolute atomic E-state index is 0.0126. The molecule has 4 nitrogen and oxygen atoms in total. The second-order valence-electron chi connectivity index (χ2n) is 4.80. The second kappa shape index (κ2) is 6.50. The Morgan fingerprint density at radius 2 is 2.00 bits per heavy atom. The highest BCUT2D eigenvalue weighted by Crippen LogP contribution is 2.31. The molecule has 0 spiro atoms. The lowest BCUT2D eigenvalue weighted by atomic mass is 10.0. The average Bonchev–Trinajstić information content (AvgIpc) is 2.36. The van der Waals surface area contributed by atoms with Crippen LogP contribution in [-0.4, -0.2) is 31.0 Å². The molecule has 0 aliphatic heterocycles. The number of hydrogen-bond donors (Lipinski definition) is 2. The molecule has 0 aliphatic rings. The molecule has 0 radical (unpaired) electrons. The van der Waals surface area contributed by atoms with Crippen LogP contribution in [0.3, 0.4) is 0 Å². The minimum Gasteiger partial charge on any atom is -0.493 e. The molecule has 0 saturated carbocycles. The maximum Gasteiger partial charge on any atom is 0.163 e. The standard InChI is InChI=1S/C14H23NO3/c1-5-14(2,3)15-11-6-7-12(17-4)13(10-11)18-9-8-16/h6-7,10,15-16H,5,8-9H2,1-4H3. The van der Waals surface area contributed by atoms with Crippen molar-refractivity contribution in [3.63, 3.8) is 0 Å². The van der Waals surface area contributed by atoms with Crippen LogP contribution in [-0.2, 0) is 0 Å². The molecule has 0 amide bonds. The van der Waals surface area contributed by atoms with Crippen molar-refractivity contribution in [2.45, 2.75) is 32.7 Å². The highest BCUT2D eigenvalue weighted by atomic mass is 16.5. The highest BCUT2D eigenvalue weighted by Gasteiger charge is 2.15. The zero-order valence-corrected chi connectivity index (χ0v) is 11.6. The van der Waals surface area contributed by atoms with Crippen molar-refractivity contribution in [3.8, 4) is 11.5 Å². The first-order valence-corrected chi connectivity index (χ1v) is 6.22. The van der Waals surface area contributed by atoms with Gasteiger partial charge in [0.1, 0.15) is 6.61 Å². The van der Waals surface area contributed by atoms with Gasteiger partial charge < -0.3 is 19.9 Å². The fourth-order valence-corrected chi connectivity index (χ4v) is 1.50. The van der Waals surface area contributed by atoms with Crippen LogP contribution in [0.25, 0.3) is 0 Å². The molecule has 18 heavy (non-hydrogen) atoms. The molecule has 0 saturated heterocycles. The number of anilines is 1. The van der Waals surface area contributed by atoms with Crippen molar-refractivity contribution in [1.29, 1.82) is 0 Å². The topological polar surface area (TPSA) is 50.7 Å². The van der Waals surface area contributed by atoms with Gasteiger partial charge >= 0.3 is 0 Å². The maximum absolute atomic E-state index is 8.80. The van der Waals surface area contributed by atoms with E-state index in [2.05, 4.69) is 26.1 Å². The molecule has 0 atom stereocenters. The summed E-state index contributed by atoms with van der Waals surface area (Å²) in [5, 5.41) is 12.2. The molecule has 102 valence electrons. The van der Waals surface area contributed by atoms with Crippen molar-refractivity contribution >= 4 is 5.69 Å². The smallest absolute Gasteiger partial charge is 0.163 e. The number of nitrogens with one attached hydrogen (secondary N) is 1. The molecule has 0 heterocycles. The van der Waals surface area contributed by atoms with Gasteiger partial charge in [-0.2, -0.15) is 0 Å². The summed E-state index contributed by atoms with van der Waals surface area (Å²) in [6.45, 7) is 6.68. The van der Waals surface area contributed by atoms with E-state index in [1.165, 1.54) is 0 Å². The lowest BCUT2D eigenvalue weighted by Crippen LogP contribution is -2.29. The monoisotopic (exact) mass is 253 g/mol. The quantitative estimate of drug-likeness (QED) is 0.784. The van der Waals surface area contributed by atoms with Crippen LogP contribution >= 0.6 is 0 Å². The third-order valence-electron chi connectivity index (χ3n) is 2.88. The van der Waals surface area contributed by atoms with Crippen molar-refractivity contribution in [2.24, 2.45) is 0 Å². The first kappa shape index (κ1) is 14.6. The molecule has 1 rings (SSSR count). The fraction of sp³-hybridized carbons (Fsp3) is 0.571. The molecular formula is C14H23NO3. The number of ether oxygens (including phenoxy) is 2. The number of rotatable bonds is 7. The zero-order valence-electron chi connectivity index (χ0n) is 11.6. The average molecular weight is 253 g/mol. The molecule has 0 fully saturated rings. The molecular weight excluding hydrogens is 230 g/mol. The van der Waals surface area contributed by atoms with Crippen LogP contribution in [0.2, 0.25) is 0 Å². The van der Waals surface area contributed by atoms with Gasteiger partial charge in [0.15, 0.2) is 11.5 Å². The predicted molar refractivity (Wildman–Crippen MR) is 73.6 cm³/mol. The van der Waals surface area contributed by atoms with E-state index in [1.807, 2.05) is 18.2 Å². The third kappa shape index (κ3) is 4.11. The number of methoxy groups -OCH3 is 1. The molecule has 1 aromatic rings. The van der Waals surface area contributed by atoms with Gasteiger partial charge in [0, 0.05) is 17.3 Å². The largest absolute Gasteiger partial charge is 0.493 e. The first-order valence-electron chi connectivity index (χ1n) is 6.22. The zero-order chi connectivity index (χ0) is 13.6. The summed E-state index contributed by atoms with van der Waals surface area (Å²) in [6.07, 6.45) is 1.02. The second-order valence-corrected chi connectivity index (χ2v) is 4.80. The van der Waals surface area contributed by atoms with Crippen LogP contribution in [0.5, 0.6) is 11.5 Å². The Morgan fingerprint density at radius 1 is 1.28 bits per heavy atom. The summed E-state index contributed by atoms with van der Waals surface area (Å²) in [4.78, 5) is 0. The summed E-state index contributed by atoms with van der Waals surface area (Å²) in [7, 11) is 1.60. The van der Waals surface area contributed by atoms with E-state index in [9.17, 15) is 0 Å².